The van der Waals surface area contributed by atoms with E-state index in [1.54, 1.807) is 0 Å². The van der Waals surface area contributed by atoms with Gasteiger partial charge < -0.3 is 14.6 Å². The second-order valence-electron chi connectivity index (χ2n) is 27.6. The summed E-state index contributed by atoms with van der Waals surface area (Å²) in [5.41, 5.74) is 0. The molecule has 4 unspecified atom stereocenters. The highest BCUT2D eigenvalue weighted by Gasteiger charge is 2.27. The maximum Gasteiger partial charge on any atom is 0.311 e. The lowest BCUT2D eigenvalue weighted by Crippen LogP contribution is -2.29. The molecular weight excluding hydrogens is 1030 g/mol. The van der Waals surface area contributed by atoms with Crippen LogP contribution in [0.5, 0.6) is 0 Å². The molecule has 0 aliphatic carbocycles. The zero-order valence-electron chi connectivity index (χ0n) is 58.2. The van der Waals surface area contributed by atoms with Gasteiger partial charge in [0.25, 0.3) is 0 Å². The molecule has 500 valence electrons. The van der Waals surface area contributed by atoms with Crippen LogP contribution in [0.2, 0.25) is 0 Å². The van der Waals surface area contributed by atoms with Crippen molar-refractivity contribution in [3.63, 3.8) is 0 Å². The predicted octanol–water partition coefficient (Wildman–Crippen LogP) is 27.0. The number of carbonyl (C=O) groups is 2. The van der Waals surface area contributed by atoms with Crippen LogP contribution in [-0.4, -0.2) is 36.4 Å². The Kier molecular flexibility index (Phi) is 69.6. The summed E-state index contributed by atoms with van der Waals surface area (Å²) in [7, 11) is 1.47. The molecule has 5 nitrogen and oxygen atoms in total. The standard InChI is InChI=1S/C79H154O5/c1-6-8-10-12-14-16-18-20-22-23-26-29-35-41-47-53-59-65-71-76(79(82)83-5)77(80)72-66-60-54-48-42-36-30-27-24-25-28-32-38-44-50-56-62-68-74(3)69-63-57-51-45-39-33-31-37-43-49-55-61-67-73-78(81)84-75(4)70-64-58-52-46-40-34-21-19-17-15-13-11-9-7-2/h63,69,74-77,80H,6-62,64-68,70-73H2,1-5H3. The van der Waals surface area contributed by atoms with Gasteiger partial charge in [0.2, 0.25) is 0 Å². The molecule has 0 amide bonds. The van der Waals surface area contributed by atoms with Crippen LogP contribution < -0.4 is 0 Å². The summed E-state index contributed by atoms with van der Waals surface area (Å²) in [6, 6.07) is 0. The second-order valence-corrected chi connectivity index (χ2v) is 27.6. The van der Waals surface area contributed by atoms with Crippen molar-refractivity contribution in [3.8, 4) is 0 Å². The van der Waals surface area contributed by atoms with Gasteiger partial charge in [-0.05, 0) is 64.2 Å². The number of esters is 2. The van der Waals surface area contributed by atoms with Crippen molar-refractivity contribution in [3.05, 3.63) is 12.2 Å². The molecule has 0 aromatic rings. The summed E-state index contributed by atoms with van der Waals surface area (Å²) < 4.78 is 10.8. The SMILES string of the molecule is CCCCCCCCCCCCCCCCCCCCC(C(=O)OC)C(O)CCCCCCCCCCCCCCCCCCCC(C)C=CCCCCCCCCCCCCCC(=O)OC(C)CCCCCCCCCCCCCCCC. The van der Waals surface area contributed by atoms with Gasteiger partial charge in [0.15, 0.2) is 0 Å². The minimum Gasteiger partial charge on any atom is -0.469 e. The van der Waals surface area contributed by atoms with Gasteiger partial charge in [-0.15, -0.1) is 0 Å². The van der Waals surface area contributed by atoms with Crippen molar-refractivity contribution < 1.29 is 24.2 Å². The molecule has 0 saturated heterocycles. The van der Waals surface area contributed by atoms with Gasteiger partial charge in [-0.25, -0.2) is 0 Å². The lowest BCUT2D eigenvalue weighted by molar-refractivity contribution is -0.150. The molecule has 1 N–H and O–H groups in total. The average molecular weight is 1180 g/mol. The zero-order chi connectivity index (χ0) is 61.0. The van der Waals surface area contributed by atoms with Crippen molar-refractivity contribution >= 4 is 11.9 Å². The highest BCUT2D eigenvalue weighted by Crippen LogP contribution is 2.24. The van der Waals surface area contributed by atoms with Crippen molar-refractivity contribution in [2.75, 3.05) is 7.11 Å². The van der Waals surface area contributed by atoms with Gasteiger partial charge in [0.1, 0.15) is 0 Å². The highest BCUT2D eigenvalue weighted by atomic mass is 16.5. The van der Waals surface area contributed by atoms with Crippen LogP contribution in [0, 0.1) is 11.8 Å². The lowest BCUT2D eigenvalue weighted by Gasteiger charge is -2.20. The molecule has 0 fully saturated rings. The van der Waals surface area contributed by atoms with Gasteiger partial charge in [-0.3, -0.25) is 9.59 Å². The van der Waals surface area contributed by atoms with Crippen molar-refractivity contribution in [1.82, 2.24) is 0 Å². The van der Waals surface area contributed by atoms with Crippen LogP contribution in [0.3, 0.4) is 0 Å². The summed E-state index contributed by atoms with van der Waals surface area (Å²) in [5.74, 6) is 0.180. The number of methoxy groups -OCH3 is 1. The maximum absolute atomic E-state index is 12.5. The Morgan fingerprint density at radius 2 is 0.595 bits per heavy atom. The zero-order valence-corrected chi connectivity index (χ0v) is 58.2. The predicted molar refractivity (Wildman–Crippen MR) is 371 cm³/mol. The third kappa shape index (κ3) is 65.1. The van der Waals surface area contributed by atoms with Crippen molar-refractivity contribution in [2.24, 2.45) is 11.8 Å². The van der Waals surface area contributed by atoms with E-state index >= 15 is 0 Å². The highest BCUT2D eigenvalue weighted by molar-refractivity contribution is 5.72. The number of hydrogen-bond donors (Lipinski definition) is 1. The Bertz CT molecular complexity index is 1300. The van der Waals surface area contributed by atoms with E-state index in [2.05, 4.69) is 39.8 Å². The monoisotopic (exact) mass is 1180 g/mol. The Hall–Kier alpha value is -1.36. The van der Waals surface area contributed by atoms with Crippen molar-refractivity contribution in [1.29, 1.82) is 0 Å². The van der Waals surface area contributed by atoms with E-state index in [1.807, 2.05) is 0 Å². The molecule has 0 aliphatic rings. The fraction of sp³-hybridized carbons (Fsp3) is 0.949. The van der Waals surface area contributed by atoms with Gasteiger partial charge >= 0.3 is 11.9 Å². The fourth-order valence-corrected chi connectivity index (χ4v) is 13.1. The number of rotatable bonds is 72. The normalized spacial score (nSPS) is 13.3. The van der Waals surface area contributed by atoms with E-state index < -0.39 is 6.10 Å². The van der Waals surface area contributed by atoms with Gasteiger partial charge in [0, 0.05) is 6.42 Å². The molecule has 0 spiro atoms. The number of unbranched alkanes of at least 4 members (excludes halogenated alkanes) is 57. The number of hydrogen-bond acceptors (Lipinski definition) is 5. The summed E-state index contributed by atoms with van der Waals surface area (Å²) in [6.45, 7) is 9.09. The van der Waals surface area contributed by atoms with Crippen LogP contribution in [0.15, 0.2) is 12.2 Å². The molecule has 0 bridgehead atoms. The molecule has 4 atom stereocenters. The van der Waals surface area contributed by atoms with Crippen molar-refractivity contribution in [2.45, 2.75) is 464 Å². The fourth-order valence-electron chi connectivity index (χ4n) is 13.1. The Labute approximate surface area is 528 Å². The maximum atomic E-state index is 12.5. The topological polar surface area (TPSA) is 72.8 Å². The average Bonchev–Trinajstić information content (AvgIpc) is 3.49. The minimum absolute atomic E-state index is 0.0210. The number of allylic oxidation sites excluding steroid dienone is 2. The quantitative estimate of drug-likeness (QED) is 0.0373. The smallest absolute Gasteiger partial charge is 0.311 e. The molecule has 0 radical (unpaired) electrons. The van der Waals surface area contributed by atoms with Gasteiger partial charge in [-0.2, -0.15) is 0 Å². The lowest BCUT2D eigenvalue weighted by atomic mass is 9.91. The van der Waals surface area contributed by atoms with E-state index in [9.17, 15) is 14.7 Å². The van der Waals surface area contributed by atoms with Gasteiger partial charge in [-0.1, -0.05) is 399 Å². The largest absolute Gasteiger partial charge is 0.469 e. The second kappa shape index (κ2) is 70.7. The first-order chi connectivity index (χ1) is 41.3. The molecule has 0 aliphatic heterocycles. The van der Waals surface area contributed by atoms with Crippen LogP contribution in [-0.2, 0) is 19.1 Å². The molecule has 84 heavy (non-hydrogen) atoms. The summed E-state index contributed by atoms with van der Waals surface area (Å²) >= 11 is 0. The van der Waals surface area contributed by atoms with E-state index in [0.717, 1.165) is 57.3 Å². The molecule has 5 heteroatoms. The first-order valence-electron chi connectivity index (χ1n) is 39.0. The number of aliphatic hydroxyl groups excluding tert-OH is 1. The molecule has 0 rings (SSSR count). The number of aliphatic hydroxyl groups is 1. The number of ether oxygens (including phenoxy) is 2. The van der Waals surface area contributed by atoms with Crippen LogP contribution in [0.1, 0.15) is 451 Å². The summed E-state index contributed by atoms with van der Waals surface area (Å²) in [4.78, 5) is 24.8. The van der Waals surface area contributed by atoms with E-state index in [1.165, 1.54) is 373 Å². The van der Waals surface area contributed by atoms with E-state index in [0.29, 0.717) is 6.42 Å². The van der Waals surface area contributed by atoms with E-state index in [-0.39, 0.29) is 24.0 Å². The Morgan fingerprint density at radius 1 is 0.333 bits per heavy atom. The third-order valence-corrected chi connectivity index (χ3v) is 19.0. The summed E-state index contributed by atoms with van der Waals surface area (Å²) in [5, 5.41) is 10.9. The van der Waals surface area contributed by atoms with Crippen LogP contribution in [0.25, 0.3) is 0 Å². The first-order valence-corrected chi connectivity index (χ1v) is 39.0. The summed E-state index contributed by atoms with van der Waals surface area (Å²) in [6.07, 6.45) is 91.3. The first kappa shape index (κ1) is 82.6. The third-order valence-electron chi connectivity index (χ3n) is 19.0. The molecule has 0 aromatic heterocycles. The van der Waals surface area contributed by atoms with E-state index in [4.69, 9.17) is 9.47 Å². The Morgan fingerprint density at radius 3 is 0.917 bits per heavy atom. The molecular formula is C79H154O5. The molecule has 0 heterocycles. The molecule has 0 aromatic carbocycles. The number of carbonyl (C=O) groups excluding carboxylic acids is 2. The van der Waals surface area contributed by atoms with Crippen LogP contribution >= 0.6 is 0 Å². The van der Waals surface area contributed by atoms with Gasteiger partial charge in [0.05, 0.1) is 25.2 Å². The molecule has 0 saturated carbocycles. The Balaban J connectivity index is 3.48. The van der Waals surface area contributed by atoms with Crippen LogP contribution in [0.4, 0.5) is 0 Å². The minimum atomic E-state index is -0.559.